The van der Waals surface area contributed by atoms with E-state index in [2.05, 4.69) is 9.97 Å². The summed E-state index contributed by atoms with van der Waals surface area (Å²) in [6.07, 6.45) is 0. The number of hydrogen-bond acceptors (Lipinski definition) is 8. The van der Waals surface area contributed by atoms with Gasteiger partial charge in [-0.3, -0.25) is 9.59 Å². The maximum absolute atomic E-state index is 13.2. The number of pyridine rings is 1. The molecule has 174 valence electrons. The first-order valence-corrected chi connectivity index (χ1v) is 11.9. The number of rotatable bonds is 6. The lowest BCUT2D eigenvalue weighted by atomic mass is 10.1. The van der Waals surface area contributed by atoms with E-state index in [4.69, 9.17) is 4.74 Å². The summed E-state index contributed by atoms with van der Waals surface area (Å²) in [5, 5.41) is 2.20. The molecule has 0 saturated carbocycles. The molecule has 34 heavy (non-hydrogen) atoms. The molecule has 1 aromatic carbocycles. The van der Waals surface area contributed by atoms with Crippen molar-refractivity contribution in [2.45, 2.75) is 5.16 Å². The molecule has 0 unspecified atom stereocenters. The maximum atomic E-state index is 13.2. The predicted molar refractivity (Wildman–Crippen MR) is 130 cm³/mol. The van der Waals surface area contributed by atoms with Crippen molar-refractivity contribution in [2.24, 2.45) is 7.05 Å². The van der Waals surface area contributed by atoms with E-state index in [0.717, 1.165) is 16.6 Å². The molecule has 0 N–H and O–H groups in total. The molecule has 11 heteroatoms. The first-order chi connectivity index (χ1) is 16.3. The van der Waals surface area contributed by atoms with Gasteiger partial charge in [0.15, 0.2) is 5.16 Å². The molecule has 0 fully saturated rings. The number of thiophene rings is 1. The fourth-order valence-electron chi connectivity index (χ4n) is 3.28. The maximum Gasteiger partial charge on any atom is 0.338 e. The molecule has 0 aliphatic carbocycles. The number of hydrogen-bond donors (Lipinski definition) is 0. The van der Waals surface area contributed by atoms with Crippen LogP contribution >= 0.6 is 23.1 Å². The minimum atomic E-state index is -0.666. The molecule has 0 saturated heterocycles. The minimum Gasteiger partial charge on any atom is -0.465 e. The zero-order chi connectivity index (χ0) is 24.4. The van der Waals surface area contributed by atoms with Crippen LogP contribution in [-0.2, 0) is 16.6 Å². The Bertz CT molecular complexity index is 1440. The normalized spacial score (nSPS) is 10.9. The summed E-state index contributed by atoms with van der Waals surface area (Å²) in [4.78, 5) is 48.9. The molecule has 0 spiro atoms. The molecule has 0 radical (unpaired) electrons. The van der Waals surface area contributed by atoms with Gasteiger partial charge in [-0.05, 0) is 41.8 Å². The number of carbonyl (C=O) groups excluding carboxylic acids is 2. The zero-order valence-electron chi connectivity index (χ0n) is 18.4. The third-order valence-electron chi connectivity index (χ3n) is 5.11. The van der Waals surface area contributed by atoms with E-state index in [1.54, 1.807) is 18.7 Å². The molecule has 0 aliphatic heterocycles. The van der Waals surface area contributed by atoms with E-state index in [1.165, 1.54) is 53.7 Å². The van der Waals surface area contributed by atoms with Crippen molar-refractivity contribution < 1.29 is 18.7 Å². The molecule has 4 aromatic rings. The average Bonchev–Trinajstić information content (AvgIpc) is 3.39. The fraction of sp³-hybridized carbons (Fsp3) is 0.174. The first-order valence-electron chi connectivity index (χ1n) is 9.99. The van der Waals surface area contributed by atoms with Crippen molar-refractivity contribution in [3.63, 3.8) is 0 Å². The summed E-state index contributed by atoms with van der Waals surface area (Å²) in [6.45, 7) is 0. The highest BCUT2D eigenvalue weighted by molar-refractivity contribution is 7.99. The predicted octanol–water partition coefficient (Wildman–Crippen LogP) is 3.74. The molecule has 4 rings (SSSR count). The number of ether oxygens (including phenoxy) is 1. The van der Waals surface area contributed by atoms with Gasteiger partial charge in [-0.25, -0.2) is 14.2 Å². The second-order valence-corrected chi connectivity index (χ2v) is 9.09. The van der Waals surface area contributed by atoms with Crippen LogP contribution in [0, 0.1) is 5.82 Å². The third-order valence-corrected chi connectivity index (χ3v) is 7.01. The number of methoxy groups -OCH3 is 1. The number of aromatic nitrogens is 3. The summed E-state index contributed by atoms with van der Waals surface area (Å²) < 4.78 is 19.6. The van der Waals surface area contributed by atoms with Crippen LogP contribution < -0.4 is 10.5 Å². The lowest BCUT2D eigenvalue weighted by Crippen LogP contribution is -2.28. The topological polar surface area (TPSA) is 94.4 Å². The zero-order valence-corrected chi connectivity index (χ0v) is 20.1. The van der Waals surface area contributed by atoms with E-state index >= 15 is 0 Å². The minimum absolute atomic E-state index is 0.0197. The van der Waals surface area contributed by atoms with E-state index in [9.17, 15) is 18.8 Å². The summed E-state index contributed by atoms with van der Waals surface area (Å²) in [5.41, 5.74) is 0.755. The van der Waals surface area contributed by atoms with Crippen molar-refractivity contribution in [2.75, 3.05) is 24.8 Å². The van der Waals surface area contributed by atoms with Gasteiger partial charge < -0.3 is 14.2 Å². The molecule has 3 aromatic heterocycles. The molecular weight excluding hydrogens is 479 g/mol. The van der Waals surface area contributed by atoms with E-state index in [1.807, 2.05) is 17.5 Å². The van der Waals surface area contributed by atoms with Crippen LogP contribution in [0.25, 0.3) is 21.6 Å². The van der Waals surface area contributed by atoms with Gasteiger partial charge in [-0.15, -0.1) is 11.3 Å². The highest BCUT2D eigenvalue weighted by Gasteiger charge is 2.22. The monoisotopic (exact) mass is 498 g/mol. The fourth-order valence-corrected chi connectivity index (χ4v) is 4.84. The van der Waals surface area contributed by atoms with Crippen LogP contribution in [0.4, 0.5) is 10.1 Å². The molecular formula is C23H19FN4O4S2. The van der Waals surface area contributed by atoms with E-state index in [-0.39, 0.29) is 33.4 Å². The standard InChI is InChI=1S/C23H19FN4O4S2/c1-27(14-8-6-13(24)7-9-14)18(29)12-34-23-26-21(30)19-15(22(31)32-3)11-16(17-5-4-10-33-17)25-20(19)28(23)2/h4-11H,12H2,1-3H3. The average molecular weight is 499 g/mol. The van der Waals surface area contributed by atoms with Crippen LogP contribution in [-0.4, -0.2) is 46.3 Å². The molecule has 0 bridgehead atoms. The van der Waals surface area contributed by atoms with Crippen LogP contribution in [0.2, 0.25) is 0 Å². The smallest absolute Gasteiger partial charge is 0.338 e. The first kappa shape index (κ1) is 23.6. The molecule has 0 atom stereocenters. The number of fused-ring (bicyclic) bond motifs is 1. The highest BCUT2D eigenvalue weighted by atomic mass is 32.2. The lowest BCUT2D eigenvalue weighted by molar-refractivity contribution is -0.115. The van der Waals surface area contributed by atoms with Gasteiger partial charge in [0.05, 0.1) is 34.4 Å². The Hall–Kier alpha value is -3.57. The van der Waals surface area contributed by atoms with Gasteiger partial charge in [0.2, 0.25) is 5.91 Å². The van der Waals surface area contributed by atoms with Gasteiger partial charge in [0.1, 0.15) is 11.5 Å². The Labute approximate surface area is 202 Å². The summed E-state index contributed by atoms with van der Waals surface area (Å²) in [6, 6.07) is 10.8. The number of halogens is 1. The van der Waals surface area contributed by atoms with Crippen molar-refractivity contribution in [3.8, 4) is 10.6 Å². The second-order valence-electron chi connectivity index (χ2n) is 7.20. The number of esters is 1. The van der Waals surface area contributed by atoms with Gasteiger partial charge in [-0.1, -0.05) is 17.8 Å². The molecule has 8 nitrogen and oxygen atoms in total. The van der Waals surface area contributed by atoms with Crippen LogP contribution in [0.15, 0.2) is 57.8 Å². The summed E-state index contributed by atoms with van der Waals surface area (Å²) in [5.74, 6) is -1.34. The van der Waals surface area contributed by atoms with Crippen LogP contribution in [0.5, 0.6) is 0 Å². The quantitative estimate of drug-likeness (QED) is 0.227. The molecule has 0 aliphatic rings. The number of carbonyl (C=O) groups is 2. The Kier molecular flexibility index (Phi) is 6.75. The van der Waals surface area contributed by atoms with Crippen molar-refractivity contribution in [3.05, 3.63) is 69.6 Å². The largest absolute Gasteiger partial charge is 0.465 e. The Morgan fingerprint density at radius 1 is 1.21 bits per heavy atom. The van der Waals surface area contributed by atoms with Crippen molar-refractivity contribution >= 4 is 51.7 Å². The molecule has 1 amide bonds. The SMILES string of the molecule is COC(=O)c1cc(-c2cccs2)nc2c1c(=O)nc(SCC(=O)N(C)c1ccc(F)cc1)n2C. The van der Waals surface area contributed by atoms with Gasteiger partial charge in [0.25, 0.3) is 5.56 Å². The third kappa shape index (κ3) is 4.57. The van der Waals surface area contributed by atoms with Gasteiger partial charge >= 0.3 is 5.97 Å². The number of benzene rings is 1. The van der Waals surface area contributed by atoms with Gasteiger partial charge in [0, 0.05) is 19.8 Å². The Balaban J connectivity index is 1.71. The lowest BCUT2D eigenvalue weighted by Gasteiger charge is -2.17. The van der Waals surface area contributed by atoms with E-state index < -0.39 is 17.3 Å². The van der Waals surface area contributed by atoms with Crippen LogP contribution in [0.3, 0.4) is 0 Å². The van der Waals surface area contributed by atoms with Crippen LogP contribution in [0.1, 0.15) is 10.4 Å². The molecule has 3 heterocycles. The van der Waals surface area contributed by atoms with Gasteiger partial charge in [-0.2, -0.15) is 4.98 Å². The van der Waals surface area contributed by atoms with E-state index in [0.29, 0.717) is 11.4 Å². The number of anilines is 1. The summed E-state index contributed by atoms with van der Waals surface area (Å²) >= 11 is 2.51. The number of thioether (sulfide) groups is 1. The Morgan fingerprint density at radius 3 is 2.59 bits per heavy atom. The number of nitrogens with zero attached hydrogens (tertiary/aromatic N) is 4. The van der Waals surface area contributed by atoms with Crippen molar-refractivity contribution in [1.29, 1.82) is 0 Å². The summed E-state index contributed by atoms with van der Waals surface area (Å²) in [7, 11) is 4.49. The second kappa shape index (κ2) is 9.74. The Morgan fingerprint density at radius 2 is 1.94 bits per heavy atom. The van der Waals surface area contributed by atoms with Crippen molar-refractivity contribution in [1.82, 2.24) is 14.5 Å². The highest BCUT2D eigenvalue weighted by Crippen LogP contribution is 2.28. The number of amides is 1. The number of aryl methyl sites for hydroxylation is 1.